The van der Waals surface area contributed by atoms with Crippen LogP contribution in [0.5, 0.6) is 0 Å². The van der Waals surface area contributed by atoms with Crippen LogP contribution in [0.1, 0.15) is 29.1 Å². The number of carbonyl (C=O) groups excluding carboxylic acids is 1. The minimum absolute atomic E-state index is 0.0623. The van der Waals surface area contributed by atoms with E-state index in [4.69, 9.17) is 4.42 Å². The molecule has 2 heterocycles. The Balaban J connectivity index is 1.80. The molecule has 0 aliphatic rings. The van der Waals surface area contributed by atoms with Gasteiger partial charge in [-0.2, -0.15) is 0 Å². The summed E-state index contributed by atoms with van der Waals surface area (Å²) in [5.74, 6) is 1.80. The summed E-state index contributed by atoms with van der Waals surface area (Å²) in [6, 6.07) is 7.50. The molecule has 3 aromatic rings. The van der Waals surface area contributed by atoms with E-state index in [1.54, 1.807) is 24.1 Å². The number of rotatable bonds is 5. The molecule has 0 radical (unpaired) electrons. The molecule has 0 saturated carbocycles. The molecule has 0 aliphatic heterocycles. The molecule has 24 heavy (non-hydrogen) atoms. The van der Waals surface area contributed by atoms with Crippen LogP contribution in [0.25, 0.3) is 5.57 Å². The third-order valence-corrected chi connectivity index (χ3v) is 3.30. The summed E-state index contributed by atoms with van der Waals surface area (Å²) in [7, 11) is 0. The third-order valence-electron chi connectivity index (χ3n) is 3.30. The zero-order chi connectivity index (χ0) is 16.9. The number of nitrogens with zero attached hydrogens (tertiary/aromatic N) is 3. The lowest BCUT2D eigenvalue weighted by Gasteiger charge is -2.07. The van der Waals surface area contributed by atoms with E-state index in [0.717, 1.165) is 5.56 Å². The van der Waals surface area contributed by atoms with E-state index in [1.165, 1.54) is 30.7 Å². The molecule has 2 aromatic heterocycles. The average Bonchev–Trinajstić information content (AvgIpc) is 3.06. The van der Waals surface area contributed by atoms with E-state index in [9.17, 15) is 14.3 Å². The first-order valence-corrected chi connectivity index (χ1v) is 7.07. The molecule has 6 nitrogen and oxygen atoms in total. The Bertz CT molecular complexity index is 872. The Labute approximate surface area is 136 Å². The molecule has 0 saturated heterocycles. The monoisotopic (exact) mass is 325 g/mol. The van der Waals surface area contributed by atoms with E-state index in [0.29, 0.717) is 12.3 Å². The molecule has 120 valence electrons. The molecule has 0 aliphatic carbocycles. The van der Waals surface area contributed by atoms with E-state index in [2.05, 4.69) is 15.0 Å². The number of benzene rings is 1. The standard InChI is InChI=1S/C17H12FN3O3/c18-12-4-2-11(3-5-12)8-15-21-9-14(24-15)13(10-22)16(23)17-19-6-1-7-20-17/h1-7,9,16,23H,8H2. The number of hydrogen-bond donors (Lipinski definition) is 1. The van der Waals surface area contributed by atoms with Crippen molar-refractivity contribution in [1.29, 1.82) is 0 Å². The fourth-order valence-corrected chi connectivity index (χ4v) is 2.12. The summed E-state index contributed by atoms with van der Waals surface area (Å²) in [5.41, 5.74) is 0.660. The highest BCUT2D eigenvalue weighted by Gasteiger charge is 2.22. The summed E-state index contributed by atoms with van der Waals surface area (Å²) in [6.07, 6.45) is 3.19. The highest BCUT2D eigenvalue weighted by Crippen LogP contribution is 2.26. The number of hydrogen-bond acceptors (Lipinski definition) is 6. The van der Waals surface area contributed by atoms with E-state index in [1.807, 2.05) is 0 Å². The number of aliphatic hydroxyl groups excluding tert-OH is 1. The van der Waals surface area contributed by atoms with Crippen LogP contribution < -0.4 is 0 Å². The van der Waals surface area contributed by atoms with Gasteiger partial charge in [-0.15, -0.1) is 0 Å². The minimum Gasteiger partial charge on any atom is -0.440 e. The van der Waals surface area contributed by atoms with Crippen LogP contribution in [0.15, 0.2) is 53.3 Å². The molecule has 7 heteroatoms. The molecular formula is C17H12FN3O3. The van der Waals surface area contributed by atoms with Crippen molar-refractivity contribution in [2.24, 2.45) is 0 Å². The van der Waals surface area contributed by atoms with Gasteiger partial charge in [-0.3, -0.25) is 0 Å². The third kappa shape index (κ3) is 3.43. The predicted octanol–water partition coefficient (Wildman–Crippen LogP) is 2.14. The molecule has 0 fully saturated rings. The number of aromatic nitrogens is 3. The van der Waals surface area contributed by atoms with Crippen molar-refractivity contribution in [3.8, 4) is 0 Å². The van der Waals surface area contributed by atoms with Crippen molar-refractivity contribution in [2.45, 2.75) is 12.5 Å². The smallest absolute Gasteiger partial charge is 0.199 e. The van der Waals surface area contributed by atoms with Gasteiger partial charge in [0.1, 0.15) is 17.3 Å². The first-order valence-electron chi connectivity index (χ1n) is 7.07. The zero-order valence-electron chi connectivity index (χ0n) is 12.4. The van der Waals surface area contributed by atoms with Crippen molar-refractivity contribution in [3.05, 3.63) is 77.8 Å². The van der Waals surface area contributed by atoms with Gasteiger partial charge in [-0.05, 0) is 23.8 Å². The summed E-state index contributed by atoms with van der Waals surface area (Å²) in [6.45, 7) is 0. The van der Waals surface area contributed by atoms with Crippen molar-refractivity contribution in [3.63, 3.8) is 0 Å². The van der Waals surface area contributed by atoms with Gasteiger partial charge < -0.3 is 9.52 Å². The molecule has 1 unspecified atom stereocenters. The zero-order valence-corrected chi connectivity index (χ0v) is 12.4. The molecule has 1 atom stereocenters. The van der Waals surface area contributed by atoms with Crippen LogP contribution in [0.4, 0.5) is 4.39 Å². The fourth-order valence-electron chi connectivity index (χ4n) is 2.12. The maximum atomic E-state index is 12.9. The van der Waals surface area contributed by atoms with Crippen molar-refractivity contribution < 1.29 is 18.7 Å². The molecule has 0 bridgehead atoms. The normalized spacial score (nSPS) is 11.8. The Morgan fingerprint density at radius 1 is 1.21 bits per heavy atom. The first-order chi connectivity index (χ1) is 11.7. The highest BCUT2D eigenvalue weighted by atomic mass is 19.1. The molecule has 1 aromatic carbocycles. The highest BCUT2D eigenvalue weighted by molar-refractivity contribution is 5.87. The second-order valence-electron chi connectivity index (χ2n) is 4.95. The summed E-state index contributed by atoms with van der Waals surface area (Å²) in [4.78, 5) is 23.1. The van der Waals surface area contributed by atoms with Crippen LogP contribution in [0, 0.1) is 5.82 Å². The number of halogens is 1. The molecular weight excluding hydrogens is 313 g/mol. The van der Waals surface area contributed by atoms with Crippen LogP contribution in [0.3, 0.4) is 0 Å². The van der Waals surface area contributed by atoms with Crippen LogP contribution in [0.2, 0.25) is 0 Å². The number of aliphatic hydroxyl groups is 1. The van der Waals surface area contributed by atoms with Gasteiger partial charge in [0.2, 0.25) is 0 Å². The second kappa shape index (κ2) is 6.95. The summed E-state index contributed by atoms with van der Waals surface area (Å²) >= 11 is 0. The van der Waals surface area contributed by atoms with Gasteiger partial charge in [0, 0.05) is 18.8 Å². The maximum absolute atomic E-state index is 12.9. The Morgan fingerprint density at radius 2 is 1.92 bits per heavy atom. The lowest BCUT2D eigenvalue weighted by Crippen LogP contribution is -2.05. The van der Waals surface area contributed by atoms with Crippen molar-refractivity contribution >= 4 is 11.5 Å². The fraction of sp³-hybridized carbons (Fsp3) is 0.118. The van der Waals surface area contributed by atoms with Gasteiger partial charge in [-0.25, -0.2) is 24.1 Å². The van der Waals surface area contributed by atoms with Crippen LogP contribution in [-0.4, -0.2) is 26.0 Å². The lowest BCUT2D eigenvalue weighted by molar-refractivity contribution is 0.225. The van der Waals surface area contributed by atoms with Gasteiger partial charge >= 0.3 is 0 Å². The predicted molar refractivity (Wildman–Crippen MR) is 81.8 cm³/mol. The van der Waals surface area contributed by atoms with Crippen LogP contribution >= 0.6 is 0 Å². The molecule has 1 N–H and O–H groups in total. The lowest BCUT2D eigenvalue weighted by atomic mass is 10.1. The molecule has 0 spiro atoms. The van der Waals surface area contributed by atoms with Crippen LogP contribution in [-0.2, 0) is 11.2 Å². The maximum Gasteiger partial charge on any atom is 0.199 e. The first kappa shape index (κ1) is 15.7. The largest absolute Gasteiger partial charge is 0.440 e. The van der Waals surface area contributed by atoms with E-state index in [-0.39, 0.29) is 23.0 Å². The van der Waals surface area contributed by atoms with Crippen molar-refractivity contribution in [2.75, 3.05) is 0 Å². The van der Waals surface area contributed by atoms with E-state index >= 15 is 0 Å². The topological polar surface area (TPSA) is 89.1 Å². The Morgan fingerprint density at radius 3 is 2.58 bits per heavy atom. The number of oxazole rings is 1. The molecule has 3 rings (SSSR count). The van der Waals surface area contributed by atoms with E-state index < -0.39 is 6.10 Å². The van der Waals surface area contributed by atoms with Gasteiger partial charge in [-0.1, -0.05) is 12.1 Å². The Hall–Kier alpha value is -3.15. The van der Waals surface area contributed by atoms with Gasteiger partial charge in [0.05, 0.1) is 6.20 Å². The average molecular weight is 325 g/mol. The quantitative estimate of drug-likeness (QED) is 0.723. The van der Waals surface area contributed by atoms with Crippen molar-refractivity contribution in [1.82, 2.24) is 15.0 Å². The SMILES string of the molecule is O=C=C(c1cnc(Cc2ccc(F)cc2)o1)C(O)c1ncccn1. The Kier molecular flexibility index (Phi) is 4.56. The second-order valence-corrected chi connectivity index (χ2v) is 4.95. The summed E-state index contributed by atoms with van der Waals surface area (Å²) < 4.78 is 18.4. The summed E-state index contributed by atoms with van der Waals surface area (Å²) in [5, 5.41) is 10.2. The minimum atomic E-state index is -1.37. The molecule has 0 amide bonds. The van der Waals surface area contributed by atoms with Gasteiger partial charge in [0.15, 0.2) is 23.6 Å². The van der Waals surface area contributed by atoms with Gasteiger partial charge in [0.25, 0.3) is 0 Å².